The van der Waals surface area contributed by atoms with E-state index in [9.17, 15) is 4.79 Å². The Hall–Kier alpha value is -1.56. The van der Waals surface area contributed by atoms with Crippen LogP contribution in [0, 0.1) is 0 Å². The third-order valence-corrected chi connectivity index (χ3v) is 2.95. The van der Waals surface area contributed by atoms with E-state index in [1.165, 1.54) is 0 Å². The van der Waals surface area contributed by atoms with Crippen molar-refractivity contribution in [3.8, 4) is 0 Å². The Balaban J connectivity index is 2.14. The summed E-state index contributed by atoms with van der Waals surface area (Å²) in [6.45, 7) is 7.75. The molecule has 0 spiro atoms. The summed E-state index contributed by atoms with van der Waals surface area (Å²) in [5.41, 5.74) is 0.414. The van der Waals surface area contributed by atoms with Gasteiger partial charge >= 0.3 is 6.09 Å². The van der Waals surface area contributed by atoms with Crippen LogP contribution < -0.4 is 5.32 Å². The fraction of sp³-hybridized carbons (Fsp3) is 0.692. The molecule has 6 heteroatoms. The molecule has 6 nitrogen and oxygen atoms in total. The summed E-state index contributed by atoms with van der Waals surface area (Å²) in [7, 11) is 1.87. The van der Waals surface area contributed by atoms with Crippen LogP contribution in [0.3, 0.4) is 0 Å². The second-order valence-corrected chi connectivity index (χ2v) is 5.81. The van der Waals surface area contributed by atoms with E-state index in [1.54, 1.807) is 9.58 Å². The van der Waals surface area contributed by atoms with Gasteiger partial charge in [-0.15, -0.1) is 0 Å². The number of rotatable bonds is 1. The Labute approximate surface area is 113 Å². The minimum absolute atomic E-state index is 0.0650. The zero-order valence-corrected chi connectivity index (χ0v) is 12.0. The van der Waals surface area contributed by atoms with Crippen LogP contribution in [0.1, 0.15) is 32.5 Å². The van der Waals surface area contributed by atoms with E-state index in [0.29, 0.717) is 13.1 Å². The SMILES string of the molecule is Cn1ccc(C2CNCCN2C(=O)OC(C)(C)C)n1. The lowest BCUT2D eigenvalue weighted by atomic mass is 10.1. The van der Waals surface area contributed by atoms with Crippen LogP contribution in [0.15, 0.2) is 12.3 Å². The lowest BCUT2D eigenvalue weighted by molar-refractivity contribution is 0.0113. The molecule has 1 atom stereocenters. The Bertz CT molecular complexity index is 450. The van der Waals surface area contributed by atoms with E-state index < -0.39 is 5.60 Å². The van der Waals surface area contributed by atoms with E-state index in [1.807, 2.05) is 40.1 Å². The number of amides is 1. The summed E-state index contributed by atoms with van der Waals surface area (Å²) in [4.78, 5) is 14.0. The van der Waals surface area contributed by atoms with Crippen molar-refractivity contribution in [2.45, 2.75) is 32.4 Å². The maximum Gasteiger partial charge on any atom is 0.410 e. The van der Waals surface area contributed by atoms with Crippen molar-refractivity contribution < 1.29 is 9.53 Å². The molecule has 2 heterocycles. The number of ether oxygens (including phenoxy) is 1. The van der Waals surface area contributed by atoms with Crippen LogP contribution in [0.4, 0.5) is 4.79 Å². The van der Waals surface area contributed by atoms with E-state index >= 15 is 0 Å². The molecule has 1 aliphatic rings. The number of carbonyl (C=O) groups is 1. The van der Waals surface area contributed by atoms with Crippen LogP contribution >= 0.6 is 0 Å². The normalized spacial score (nSPS) is 20.4. The molecule has 1 aromatic rings. The third-order valence-electron chi connectivity index (χ3n) is 2.95. The smallest absolute Gasteiger partial charge is 0.410 e. The highest BCUT2D eigenvalue weighted by atomic mass is 16.6. The molecule has 0 aliphatic carbocycles. The first-order valence-electron chi connectivity index (χ1n) is 6.57. The minimum Gasteiger partial charge on any atom is -0.444 e. The maximum absolute atomic E-state index is 12.2. The summed E-state index contributed by atoms with van der Waals surface area (Å²) in [6.07, 6.45) is 1.61. The predicted octanol–water partition coefficient (Wildman–Crippen LogP) is 1.30. The van der Waals surface area contributed by atoms with E-state index in [-0.39, 0.29) is 12.1 Å². The molecule has 19 heavy (non-hydrogen) atoms. The van der Waals surface area contributed by atoms with Gasteiger partial charge in [-0.3, -0.25) is 9.58 Å². The van der Waals surface area contributed by atoms with Crippen LogP contribution in [0.2, 0.25) is 0 Å². The second-order valence-electron chi connectivity index (χ2n) is 5.81. The van der Waals surface area contributed by atoms with Crippen molar-refractivity contribution >= 4 is 6.09 Å². The second kappa shape index (κ2) is 5.21. The number of hydrogen-bond donors (Lipinski definition) is 1. The van der Waals surface area contributed by atoms with Crippen molar-refractivity contribution in [3.05, 3.63) is 18.0 Å². The number of aryl methyl sites for hydroxylation is 1. The first-order valence-corrected chi connectivity index (χ1v) is 6.57. The highest BCUT2D eigenvalue weighted by Gasteiger charge is 2.32. The molecular formula is C13H22N4O2. The fourth-order valence-corrected chi connectivity index (χ4v) is 2.12. The average molecular weight is 266 g/mol. The number of aromatic nitrogens is 2. The van der Waals surface area contributed by atoms with Crippen molar-refractivity contribution in [1.29, 1.82) is 0 Å². The van der Waals surface area contributed by atoms with Gasteiger partial charge in [0, 0.05) is 32.9 Å². The van der Waals surface area contributed by atoms with Crippen molar-refractivity contribution in [3.63, 3.8) is 0 Å². The Morgan fingerprint density at radius 2 is 2.26 bits per heavy atom. The molecule has 1 saturated heterocycles. The first-order chi connectivity index (χ1) is 8.87. The molecule has 0 saturated carbocycles. The Morgan fingerprint density at radius 3 is 2.84 bits per heavy atom. The summed E-state index contributed by atoms with van der Waals surface area (Å²) >= 11 is 0. The standard InChI is InChI=1S/C13H22N4O2/c1-13(2,3)19-12(18)17-8-6-14-9-11(17)10-5-7-16(4)15-10/h5,7,11,14H,6,8-9H2,1-4H3. The fourth-order valence-electron chi connectivity index (χ4n) is 2.12. The summed E-state index contributed by atoms with van der Waals surface area (Å²) < 4.78 is 7.21. The topological polar surface area (TPSA) is 59.4 Å². The van der Waals surface area contributed by atoms with Gasteiger partial charge in [-0.2, -0.15) is 5.10 Å². The highest BCUT2D eigenvalue weighted by molar-refractivity contribution is 5.69. The van der Waals surface area contributed by atoms with E-state index in [0.717, 1.165) is 12.2 Å². The molecule has 1 N–H and O–H groups in total. The van der Waals surface area contributed by atoms with Gasteiger partial charge in [-0.1, -0.05) is 0 Å². The van der Waals surface area contributed by atoms with Gasteiger partial charge in [0.05, 0.1) is 11.7 Å². The Morgan fingerprint density at radius 1 is 1.53 bits per heavy atom. The molecule has 0 aromatic carbocycles. The zero-order valence-electron chi connectivity index (χ0n) is 12.0. The van der Waals surface area contributed by atoms with Crippen LogP contribution in [-0.2, 0) is 11.8 Å². The van der Waals surface area contributed by atoms with Crippen molar-refractivity contribution in [2.24, 2.45) is 7.05 Å². The van der Waals surface area contributed by atoms with E-state index in [4.69, 9.17) is 4.74 Å². The quantitative estimate of drug-likeness (QED) is 0.832. The van der Waals surface area contributed by atoms with Crippen LogP contribution in [-0.4, -0.2) is 46.0 Å². The van der Waals surface area contributed by atoms with Gasteiger partial charge in [-0.05, 0) is 26.8 Å². The molecule has 0 radical (unpaired) electrons. The van der Waals surface area contributed by atoms with Crippen molar-refractivity contribution in [1.82, 2.24) is 20.0 Å². The molecule has 106 valence electrons. The summed E-state index contributed by atoms with van der Waals surface area (Å²) in [6, 6.07) is 1.87. The Kier molecular flexibility index (Phi) is 3.80. The van der Waals surface area contributed by atoms with Crippen LogP contribution in [0.25, 0.3) is 0 Å². The number of nitrogens with one attached hydrogen (secondary N) is 1. The molecule has 1 aromatic heterocycles. The number of carbonyl (C=O) groups excluding carboxylic acids is 1. The molecule has 0 bridgehead atoms. The predicted molar refractivity (Wildman–Crippen MR) is 71.8 cm³/mol. The highest BCUT2D eigenvalue weighted by Crippen LogP contribution is 2.23. The lowest BCUT2D eigenvalue weighted by Gasteiger charge is -2.36. The lowest BCUT2D eigenvalue weighted by Crippen LogP contribution is -2.50. The average Bonchev–Trinajstić information content (AvgIpc) is 2.73. The first kappa shape index (κ1) is 13.9. The van der Waals surface area contributed by atoms with Crippen LogP contribution in [0.5, 0.6) is 0 Å². The largest absolute Gasteiger partial charge is 0.444 e. The van der Waals surface area contributed by atoms with E-state index in [2.05, 4.69) is 10.4 Å². The molecule has 1 unspecified atom stereocenters. The van der Waals surface area contributed by atoms with Gasteiger partial charge < -0.3 is 10.1 Å². The zero-order chi connectivity index (χ0) is 14.0. The molecular weight excluding hydrogens is 244 g/mol. The number of hydrogen-bond acceptors (Lipinski definition) is 4. The monoisotopic (exact) mass is 266 g/mol. The summed E-state index contributed by atoms with van der Waals surface area (Å²) in [5, 5.41) is 7.68. The molecule has 1 aliphatic heterocycles. The third kappa shape index (κ3) is 3.47. The number of nitrogens with zero attached hydrogens (tertiary/aromatic N) is 3. The van der Waals surface area contributed by atoms with Gasteiger partial charge in [0.25, 0.3) is 0 Å². The minimum atomic E-state index is -0.476. The molecule has 1 amide bonds. The molecule has 2 rings (SSSR count). The van der Waals surface area contributed by atoms with Gasteiger partial charge in [-0.25, -0.2) is 4.79 Å². The van der Waals surface area contributed by atoms with Gasteiger partial charge in [0.15, 0.2) is 0 Å². The summed E-state index contributed by atoms with van der Waals surface area (Å²) in [5.74, 6) is 0. The van der Waals surface area contributed by atoms with Gasteiger partial charge in [0.2, 0.25) is 0 Å². The van der Waals surface area contributed by atoms with Crippen molar-refractivity contribution in [2.75, 3.05) is 19.6 Å². The molecule has 1 fully saturated rings. The van der Waals surface area contributed by atoms with Gasteiger partial charge in [0.1, 0.15) is 5.60 Å². The maximum atomic E-state index is 12.2. The number of piperazine rings is 1.